The van der Waals surface area contributed by atoms with Crippen molar-refractivity contribution in [3.63, 3.8) is 0 Å². The minimum absolute atomic E-state index is 0.0454. The predicted molar refractivity (Wildman–Crippen MR) is 73.7 cm³/mol. The molecule has 1 amide bonds. The summed E-state index contributed by atoms with van der Waals surface area (Å²) < 4.78 is 26.9. The number of nitrogens with zero attached hydrogens (tertiary/aromatic N) is 4. The molecule has 1 fully saturated rings. The highest BCUT2D eigenvalue weighted by Crippen LogP contribution is 2.21. The fourth-order valence-electron chi connectivity index (χ4n) is 2.76. The lowest BCUT2D eigenvalue weighted by molar-refractivity contribution is 0.0620. The van der Waals surface area contributed by atoms with Crippen LogP contribution in [0.3, 0.4) is 0 Å². The number of carbonyl (C=O) groups is 1. The van der Waals surface area contributed by atoms with Gasteiger partial charge in [0.2, 0.25) is 5.82 Å². The average molecular weight is 310 g/mol. The summed E-state index contributed by atoms with van der Waals surface area (Å²) in [5, 5.41) is 16.3. The highest BCUT2D eigenvalue weighted by Gasteiger charge is 2.25. The third-order valence-electron chi connectivity index (χ3n) is 3.94. The summed E-state index contributed by atoms with van der Waals surface area (Å²) >= 11 is 0. The summed E-state index contributed by atoms with van der Waals surface area (Å²) in [4.78, 5) is 14.2. The number of carbonyl (C=O) groups excluding carboxylic acids is 1. The molecule has 1 aliphatic rings. The molecular weight excluding hydrogens is 294 g/mol. The Bertz CT molecular complexity index is 689. The van der Waals surface area contributed by atoms with Crippen LogP contribution in [0.2, 0.25) is 0 Å². The second-order valence-electron chi connectivity index (χ2n) is 5.45. The van der Waals surface area contributed by atoms with Crippen LogP contribution in [0.15, 0.2) is 18.3 Å². The Kier molecular flexibility index (Phi) is 4.02. The van der Waals surface area contributed by atoms with Crippen molar-refractivity contribution in [2.45, 2.75) is 19.3 Å². The van der Waals surface area contributed by atoms with Crippen molar-refractivity contribution in [2.75, 3.05) is 19.7 Å². The van der Waals surface area contributed by atoms with Crippen LogP contribution >= 0.6 is 0 Å². The summed E-state index contributed by atoms with van der Waals surface area (Å²) in [7, 11) is 0. The van der Waals surface area contributed by atoms with E-state index in [-0.39, 0.29) is 24.1 Å². The zero-order valence-electron chi connectivity index (χ0n) is 11.8. The van der Waals surface area contributed by atoms with E-state index in [1.165, 1.54) is 12.3 Å². The molecule has 2 aromatic rings. The molecular formula is C14H16F2N4O2. The van der Waals surface area contributed by atoms with Gasteiger partial charge in [-0.25, -0.2) is 8.78 Å². The smallest absolute Gasteiger partial charge is 0.297 e. The van der Waals surface area contributed by atoms with Crippen LogP contribution in [0.25, 0.3) is 5.65 Å². The molecule has 0 aromatic carbocycles. The van der Waals surface area contributed by atoms with Gasteiger partial charge in [0.1, 0.15) is 0 Å². The van der Waals surface area contributed by atoms with E-state index in [0.29, 0.717) is 18.7 Å². The van der Waals surface area contributed by atoms with Crippen molar-refractivity contribution in [2.24, 2.45) is 5.92 Å². The molecule has 0 bridgehead atoms. The van der Waals surface area contributed by atoms with Gasteiger partial charge in [0.05, 0.1) is 5.56 Å². The van der Waals surface area contributed by atoms with Crippen molar-refractivity contribution < 1.29 is 18.7 Å². The van der Waals surface area contributed by atoms with Gasteiger partial charge < -0.3 is 10.0 Å². The number of pyridine rings is 1. The zero-order chi connectivity index (χ0) is 15.7. The molecule has 8 heteroatoms. The number of aliphatic hydroxyl groups excluding tert-OH is 1. The number of piperidine rings is 1. The molecule has 3 heterocycles. The van der Waals surface area contributed by atoms with E-state index in [9.17, 15) is 18.7 Å². The van der Waals surface area contributed by atoms with E-state index >= 15 is 0 Å². The number of halogens is 2. The van der Waals surface area contributed by atoms with Gasteiger partial charge in [-0.05, 0) is 30.9 Å². The summed E-state index contributed by atoms with van der Waals surface area (Å²) in [5.74, 6) is -0.626. The molecule has 0 spiro atoms. The Hall–Kier alpha value is -2.09. The summed E-state index contributed by atoms with van der Waals surface area (Å²) in [5.41, 5.74) is 0.589. The molecule has 6 nitrogen and oxygen atoms in total. The molecule has 0 saturated carbocycles. The van der Waals surface area contributed by atoms with Gasteiger partial charge in [0.15, 0.2) is 5.65 Å². The van der Waals surface area contributed by atoms with Crippen molar-refractivity contribution in [3.8, 4) is 0 Å². The van der Waals surface area contributed by atoms with Crippen LogP contribution in [0.5, 0.6) is 0 Å². The molecule has 1 aliphatic heterocycles. The molecule has 1 atom stereocenters. The minimum atomic E-state index is -2.76. The van der Waals surface area contributed by atoms with Gasteiger partial charge in [-0.2, -0.15) is 0 Å². The highest BCUT2D eigenvalue weighted by atomic mass is 19.3. The molecule has 1 N–H and O–H groups in total. The Morgan fingerprint density at radius 2 is 2.23 bits per heavy atom. The fraction of sp³-hybridized carbons (Fsp3) is 0.500. The fourth-order valence-corrected chi connectivity index (χ4v) is 2.76. The van der Waals surface area contributed by atoms with Crippen molar-refractivity contribution >= 4 is 11.6 Å². The zero-order valence-corrected chi connectivity index (χ0v) is 11.8. The monoisotopic (exact) mass is 310 g/mol. The van der Waals surface area contributed by atoms with E-state index in [1.54, 1.807) is 11.0 Å². The topological polar surface area (TPSA) is 70.7 Å². The Morgan fingerprint density at radius 3 is 2.95 bits per heavy atom. The quantitative estimate of drug-likeness (QED) is 0.933. The minimum Gasteiger partial charge on any atom is -0.396 e. The lowest BCUT2D eigenvalue weighted by Gasteiger charge is -2.31. The van der Waals surface area contributed by atoms with Crippen LogP contribution < -0.4 is 0 Å². The average Bonchev–Trinajstić information content (AvgIpc) is 2.97. The number of aromatic nitrogens is 3. The van der Waals surface area contributed by atoms with E-state index in [1.807, 2.05) is 0 Å². The van der Waals surface area contributed by atoms with E-state index in [0.717, 1.165) is 17.2 Å². The van der Waals surface area contributed by atoms with Gasteiger partial charge in [0, 0.05) is 25.9 Å². The predicted octanol–water partition coefficient (Wildman–Crippen LogP) is 1.51. The van der Waals surface area contributed by atoms with Crippen LogP contribution in [0, 0.1) is 5.92 Å². The summed E-state index contributed by atoms with van der Waals surface area (Å²) in [6.07, 6.45) is 0.310. The maximum Gasteiger partial charge on any atom is 0.297 e. The van der Waals surface area contributed by atoms with Crippen molar-refractivity contribution in [1.29, 1.82) is 0 Å². The molecule has 0 radical (unpaired) electrons. The largest absolute Gasteiger partial charge is 0.396 e. The van der Waals surface area contributed by atoms with Gasteiger partial charge in [-0.15, -0.1) is 10.2 Å². The summed E-state index contributed by atoms with van der Waals surface area (Å²) in [6, 6.07) is 3.06. The van der Waals surface area contributed by atoms with E-state index in [4.69, 9.17) is 0 Å². The first-order valence-corrected chi connectivity index (χ1v) is 7.13. The van der Waals surface area contributed by atoms with Crippen LogP contribution in [0.1, 0.15) is 35.4 Å². The van der Waals surface area contributed by atoms with Gasteiger partial charge in [-0.3, -0.25) is 9.20 Å². The molecule has 3 rings (SSSR count). The molecule has 0 aliphatic carbocycles. The standard InChI is InChI=1S/C14H16F2N4O2/c15-12(16)13-18-17-11-4-3-10(7-20(11)13)14(22)19-5-1-2-9(6-19)8-21/h3-4,7,9,12,21H,1-2,5-6,8H2. The molecule has 22 heavy (non-hydrogen) atoms. The third-order valence-corrected chi connectivity index (χ3v) is 3.94. The third kappa shape index (κ3) is 2.66. The molecule has 118 valence electrons. The number of fused-ring (bicyclic) bond motifs is 1. The first-order chi connectivity index (χ1) is 10.6. The number of likely N-dealkylation sites (tertiary alicyclic amines) is 1. The van der Waals surface area contributed by atoms with Gasteiger partial charge in [0.25, 0.3) is 12.3 Å². The van der Waals surface area contributed by atoms with Crippen LogP contribution in [-0.2, 0) is 0 Å². The van der Waals surface area contributed by atoms with E-state index < -0.39 is 12.2 Å². The first-order valence-electron chi connectivity index (χ1n) is 7.13. The highest BCUT2D eigenvalue weighted by molar-refractivity contribution is 5.94. The number of hydrogen-bond acceptors (Lipinski definition) is 4. The van der Waals surface area contributed by atoms with Crippen molar-refractivity contribution in [3.05, 3.63) is 29.7 Å². The van der Waals surface area contributed by atoms with Gasteiger partial charge >= 0.3 is 0 Å². The first kappa shape index (κ1) is 14.8. The Morgan fingerprint density at radius 1 is 1.41 bits per heavy atom. The van der Waals surface area contributed by atoms with Gasteiger partial charge in [-0.1, -0.05) is 0 Å². The van der Waals surface area contributed by atoms with Crippen molar-refractivity contribution in [1.82, 2.24) is 19.5 Å². The Labute approximate surface area is 125 Å². The summed E-state index contributed by atoms with van der Waals surface area (Å²) in [6.45, 7) is 1.14. The number of hydrogen-bond donors (Lipinski definition) is 1. The number of rotatable bonds is 3. The number of alkyl halides is 2. The van der Waals surface area contributed by atoms with Crippen LogP contribution in [0.4, 0.5) is 8.78 Å². The van der Waals surface area contributed by atoms with E-state index in [2.05, 4.69) is 10.2 Å². The lowest BCUT2D eigenvalue weighted by atomic mass is 9.98. The second-order valence-corrected chi connectivity index (χ2v) is 5.45. The normalized spacial score (nSPS) is 19.1. The second kappa shape index (κ2) is 5.96. The SMILES string of the molecule is O=C(c1ccc2nnc(C(F)F)n2c1)N1CCCC(CO)C1. The lowest BCUT2D eigenvalue weighted by Crippen LogP contribution is -2.41. The Balaban J connectivity index is 1.89. The maximum absolute atomic E-state index is 12.9. The molecule has 1 saturated heterocycles. The number of amides is 1. The molecule has 1 unspecified atom stereocenters. The maximum atomic E-state index is 12.9. The number of aliphatic hydroxyl groups is 1. The molecule has 2 aromatic heterocycles. The van der Waals surface area contributed by atoms with Crippen LogP contribution in [-0.4, -0.2) is 50.2 Å².